The van der Waals surface area contributed by atoms with Crippen LogP contribution in [0.3, 0.4) is 0 Å². The predicted molar refractivity (Wildman–Crippen MR) is 587 cm³/mol. The molecule has 4 aliphatic heterocycles. The van der Waals surface area contributed by atoms with E-state index in [-0.39, 0.29) is 79.2 Å². The molecule has 147 heavy (non-hydrogen) atoms. The number of aryl methyl sites for hydroxylation is 3. The Morgan fingerprint density at radius 2 is 0.741 bits per heavy atom. The van der Waals surface area contributed by atoms with Crippen LogP contribution in [0.15, 0.2) is 222 Å². The number of nitrogens with zero attached hydrogens (tertiary/aromatic N) is 8. The van der Waals surface area contributed by atoms with Crippen molar-refractivity contribution in [2.75, 3.05) is 99.9 Å². The minimum atomic E-state index is -1.62. The van der Waals surface area contributed by atoms with Crippen LogP contribution in [0.2, 0.25) is 0 Å². The lowest BCUT2D eigenvalue weighted by atomic mass is 9.85. The Morgan fingerprint density at radius 1 is 0.401 bits per heavy atom. The van der Waals surface area contributed by atoms with Crippen molar-refractivity contribution in [1.29, 1.82) is 0 Å². The minimum absolute atomic E-state index is 0.0726. The van der Waals surface area contributed by atoms with E-state index in [0.29, 0.717) is 137 Å². The number of amides is 1. The highest BCUT2D eigenvalue weighted by atomic mass is 35.5. The molecule has 0 aliphatic carbocycles. The molecule has 0 radical (unpaired) electrons. The first-order valence-electron chi connectivity index (χ1n) is 49.4. The van der Waals surface area contributed by atoms with Gasteiger partial charge in [-0.25, -0.2) is 24.5 Å². The van der Waals surface area contributed by atoms with Crippen LogP contribution in [0.4, 0.5) is 34.1 Å². The number of hydrogen-bond acceptors (Lipinski definition) is 23. The number of cyclic esters (lactones) is 2. The largest absolute Gasteiger partial charge is 0.457 e. The summed E-state index contributed by atoms with van der Waals surface area (Å²) in [5.74, 6) is 1.72. The topological polar surface area (TPSA) is 327 Å². The molecule has 0 saturated heterocycles. The van der Waals surface area contributed by atoms with Gasteiger partial charge in [0, 0.05) is 193 Å². The first-order chi connectivity index (χ1) is 70.9. The lowest BCUT2D eigenvalue weighted by Crippen LogP contribution is -2.47. The van der Waals surface area contributed by atoms with E-state index in [0.717, 1.165) is 161 Å². The van der Waals surface area contributed by atoms with Gasteiger partial charge in [0.25, 0.3) is 11.1 Å². The molecule has 0 saturated carbocycles. The van der Waals surface area contributed by atoms with Gasteiger partial charge in [-0.3, -0.25) is 24.0 Å². The number of carbonyl (C=O) groups excluding carboxylic acids is 9. The monoisotopic (exact) mass is 2110 g/mol. The van der Waals surface area contributed by atoms with Gasteiger partial charge >= 0.3 is 23.9 Å². The molecule has 17 rings (SSSR count). The van der Waals surface area contributed by atoms with Crippen LogP contribution < -0.4 is 36.5 Å². The number of Topliss-reactive ketones (excluding diaryl/α,β-unsaturated/α-hetero) is 4. The number of ketones is 4. The zero-order valence-electron chi connectivity index (χ0n) is 84.0. The third kappa shape index (κ3) is 29.4. The molecule has 32 heteroatoms. The molecule has 4 aliphatic rings. The number of rotatable bonds is 39. The second-order valence-corrected chi connectivity index (χ2v) is 38.6. The van der Waals surface area contributed by atoms with Gasteiger partial charge in [0.1, 0.15) is 36.3 Å². The standard InChI is InChI=1S/C26H25N3O3.2C22H18N2O5.3C15H21Cl2NO/c1-17(31)7-6-12-25(32)27-19-13-18(16-30)14-20(15-19)28-26-21-8-2-4-10-23(21)29-24-11-5-3-9-22(24)26;2*1-3-22(29-12(2)25)16-9-18-19-14(8-13-6-4-5-7-17(13)23-19)10-24(18)20(26)15(16)11-28-21(22)27;3*1-13(19)3-2-4-14-5-7-15(8-6-14)18(11-9-16)12-10-17/h2-5,8-11,13-15,30H,6-7,12,16H2,1H3,(H,27,32)(H,28,29);2*4-9H,3,10-11H2,1-2H3;3*5-8H,2-4,9-12H2,1H3/t;2*22-;;;/m.11.../s1. The molecular formula is C115H124Cl6N10O16. The number of nitrogens with one attached hydrogen (secondary N) is 2. The normalized spacial score (nSPS) is 14.1. The number of carbonyl (C=O) groups is 9. The lowest BCUT2D eigenvalue weighted by Gasteiger charge is -2.35. The molecule has 0 unspecified atom stereocenters. The Balaban J connectivity index is 0.000000159. The molecule has 2 atom stereocenters. The van der Waals surface area contributed by atoms with Crippen molar-refractivity contribution in [3.63, 3.8) is 0 Å². The van der Waals surface area contributed by atoms with E-state index in [4.69, 9.17) is 104 Å². The molecule has 8 aromatic carbocycles. The van der Waals surface area contributed by atoms with Crippen LogP contribution in [0.25, 0.3) is 66.4 Å². The minimum Gasteiger partial charge on any atom is -0.457 e. The number of ether oxygens (including phenoxy) is 4. The highest BCUT2D eigenvalue weighted by molar-refractivity contribution is 6.20. The number of pyridine rings is 5. The summed E-state index contributed by atoms with van der Waals surface area (Å²) in [5.41, 5.74) is 15.8. The molecule has 0 bridgehead atoms. The van der Waals surface area contributed by atoms with Crippen molar-refractivity contribution >= 4 is 200 Å². The Bertz CT molecular complexity index is 6560. The Kier molecular flexibility index (Phi) is 42.0. The summed E-state index contributed by atoms with van der Waals surface area (Å²) in [6.45, 7) is 17.6. The van der Waals surface area contributed by atoms with Gasteiger partial charge in [0.15, 0.2) is 0 Å². The number of esters is 4. The van der Waals surface area contributed by atoms with Crippen molar-refractivity contribution in [3.05, 3.63) is 289 Å². The van der Waals surface area contributed by atoms with E-state index in [2.05, 4.69) is 98.1 Å². The number of hydrogen-bond donors (Lipinski definition) is 3. The molecule has 9 heterocycles. The summed E-state index contributed by atoms with van der Waals surface area (Å²) in [5, 5.41) is 20.1. The molecule has 3 N–H and O–H groups in total. The summed E-state index contributed by atoms with van der Waals surface area (Å²) in [4.78, 5) is 152. The fraction of sp³-hybridized carbons (Fsp3) is 0.357. The lowest BCUT2D eigenvalue weighted by molar-refractivity contribution is -0.188. The number of anilines is 6. The number of halogens is 6. The predicted octanol–water partition coefficient (Wildman–Crippen LogP) is 22.3. The van der Waals surface area contributed by atoms with Crippen molar-refractivity contribution in [2.45, 2.75) is 189 Å². The maximum Gasteiger partial charge on any atom is 0.355 e. The Labute approximate surface area is 886 Å². The summed E-state index contributed by atoms with van der Waals surface area (Å²) < 4.78 is 24.7. The molecular weight excluding hydrogens is 1990 g/mol. The average molecular weight is 2120 g/mol. The molecule has 26 nitrogen and oxygen atoms in total. The van der Waals surface area contributed by atoms with E-state index in [9.17, 15) is 57.8 Å². The third-order valence-corrected chi connectivity index (χ3v) is 26.7. The second-order valence-electron chi connectivity index (χ2n) is 36.3. The molecule has 1 amide bonds. The third-order valence-electron chi connectivity index (χ3n) is 25.7. The number of alkyl halides is 6. The number of aliphatic hydroxyl groups is 1. The Morgan fingerprint density at radius 3 is 1.08 bits per heavy atom. The number of benzene rings is 8. The van der Waals surface area contributed by atoms with Crippen LogP contribution >= 0.6 is 69.6 Å². The zero-order chi connectivity index (χ0) is 105. The number of para-hydroxylation sites is 4. The fourth-order valence-electron chi connectivity index (χ4n) is 18.4. The van der Waals surface area contributed by atoms with Crippen molar-refractivity contribution in [2.24, 2.45) is 0 Å². The van der Waals surface area contributed by atoms with Gasteiger partial charge in [-0.1, -0.05) is 123 Å². The maximum absolute atomic E-state index is 13.3. The SMILES string of the molecule is CC(=O)CCCC(=O)Nc1cc(CO)cc(Nc2c3ccccc3nc3ccccc23)c1.CC(=O)CCCc1ccc(N(CCCl)CCCl)cc1.CC(=O)CCCc1ccc(N(CCCl)CCCl)cc1.CC(=O)CCCc1ccc(N(CCCl)CCCl)cc1.CC[C@]1(OC(C)=O)C(=O)OCc2c1cc1n(c2=O)Cc2cc3ccccc3nc2-1.CC[C@]1(OC(C)=O)C(=O)OCc2c1cc1n(c2=O)Cc2cc3ccccc3nc2-1. The summed E-state index contributed by atoms with van der Waals surface area (Å²) in [7, 11) is 0. The first-order valence-corrected chi connectivity index (χ1v) is 52.6. The second kappa shape index (κ2) is 54.7. The molecule has 5 aromatic heterocycles. The van der Waals surface area contributed by atoms with E-state index in [1.165, 1.54) is 37.5 Å². The number of aromatic nitrogens is 5. The van der Waals surface area contributed by atoms with Crippen LogP contribution in [0.5, 0.6) is 0 Å². The van der Waals surface area contributed by atoms with Crippen molar-refractivity contribution in [3.8, 4) is 22.8 Å². The maximum atomic E-state index is 13.3. The first kappa shape index (κ1) is 113. The number of aliphatic hydroxyl groups excluding tert-OH is 1. The molecule has 0 fully saturated rings. The van der Waals surface area contributed by atoms with Gasteiger partial charge in [0.05, 0.1) is 81.4 Å². The van der Waals surface area contributed by atoms with Gasteiger partial charge in [-0.2, -0.15) is 0 Å². The summed E-state index contributed by atoms with van der Waals surface area (Å²) in [6.07, 6.45) is 9.08. The van der Waals surface area contributed by atoms with Gasteiger partial charge < -0.3 is 77.7 Å². The zero-order valence-corrected chi connectivity index (χ0v) is 88.6. The number of fused-ring (bicyclic) bond motifs is 12. The summed E-state index contributed by atoms with van der Waals surface area (Å²) >= 11 is 34.8. The van der Waals surface area contributed by atoms with E-state index < -0.39 is 35.1 Å². The Hall–Kier alpha value is -12.9. The van der Waals surface area contributed by atoms with Crippen molar-refractivity contribution < 1.29 is 67.2 Å². The quantitative estimate of drug-likeness (QED) is 0.0139. The van der Waals surface area contributed by atoms with E-state index >= 15 is 0 Å². The van der Waals surface area contributed by atoms with Gasteiger partial charge in [-0.15, -0.1) is 69.6 Å². The van der Waals surface area contributed by atoms with Gasteiger partial charge in [-0.05, 0) is 211 Å². The fourth-order valence-corrected chi connectivity index (χ4v) is 19.6. The molecule has 13 aromatic rings. The average Bonchev–Trinajstić information content (AvgIpc) is 1.60. The van der Waals surface area contributed by atoms with Crippen LogP contribution in [0, 0.1) is 0 Å². The van der Waals surface area contributed by atoms with Crippen LogP contribution in [-0.2, 0) is 125 Å². The summed E-state index contributed by atoms with van der Waals surface area (Å²) in [6, 6.07) is 69.7. The smallest absolute Gasteiger partial charge is 0.355 e. The van der Waals surface area contributed by atoms with E-state index in [1.807, 2.05) is 121 Å². The van der Waals surface area contributed by atoms with Crippen molar-refractivity contribution in [1.82, 2.24) is 24.1 Å². The van der Waals surface area contributed by atoms with Gasteiger partial charge in [0.2, 0.25) is 17.1 Å². The van der Waals surface area contributed by atoms with Crippen LogP contribution in [0.1, 0.15) is 182 Å². The van der Waals surface area contributed by atoms with E-state index in [1.54, 1.807) is 62.0 Å². The molecule has 0 spiro atoms. The van der Waals surface area contributed by atoms with Crippen LogP contribution in [-0.4, -0.2) is 157 Å². The highest BCUT2D eigenvalue weighted by Crippen LogP contribution is 2.44. The molecule has 772 valence electrons. The highest BCUT2D eigenvalue weighted by Gasteiger charge is 2.52.